The molecule has 1 nitrogen and oxygen atoms in total. The zero-order chi connectivity index (χ0) is 38.5. The monoisotopic (exact) mass is 737 g/mol. The summed E-state index contributed by atoms with van der Waals surface area (Å²) in [5.41, 5.74) is 15.4. The van der Waals surface area contributed by atoms with E-state index >= 15 is 0 Å². The summed E-state index contributed by atoms with van der Waals surface area (Å²) < 4.78 is 0. The Hall–Kier alpha value is -7.48. The summed E-state index contributed by atoms with van der Waals surface area (Å²) in [5, 5.41) is 4.83. The minimum absolute atomic E-state index is 0.497. The molecular weight excluding hydrogens is 699 g/mol. The van der Waals surface area contributed by atoms with Crippen molar-refractivity contribution < 1.29 is 0 Å². The number of rotatable bonds is 7. The van der Waals surface area contributed by atoms with Gasteiger partial charge in [0.05, 0.1) is 16.8 Å². The molecule has 0 amide bonds. The minimum Gasteiger partial charge on any atom is -0.309 e. The van der Waals surface area contributed by atoms with Gasteiger partial charge < -0.3 is 4.90 Å². The molecule has 0 fully saturated rings. The Morgan fingerprint density at radius 3 is 1.60 bits per heavy atom. The summed E-state index contributed by atoms with van der Waals surface area (Å²) in [5.74, 6) is 0. The Bertz CT molecular complexity index is 3050. The highest BCUT2D eigenvalue weighted by Crippen LogP contribution is 2.59. The number of benzene rings is 10. The van der Waals surface area contributed by atoms with Gasteiger partial charge in [-0.1, -0.05) is 206 Å². The van der Waals surface area contributed by atoms with Crippen LogP contribution in [0.4, 0.5) is 17.1 Å². The first kappa shape index (κ1) is 33.8. The van der Waals surface area contributed by atoms with E-state index in [1.807, 2.05) is 0 Å². The number of hydrogen-bond acceptors (Lipinski definition) is 1. The first-order valence-corrected chi connectivity index (χ1v) is 20.1. The Balaban J connectivity index is 1.14. The Labute approximate surface area is 339 Å². The predicted molar refractivity (Wildman–Crippen MR) is 244 cm³/mol. The minimum atomic E-state index is -0.497. The van der Waals surface area contributed by atoms with Crippen LogP contribution < -0.4 is 4.90 Å². The van der Waals surface area contributed by atoms with Gasteiger partial charge in [0.15, 0.2) is 0 Å². The summed E-state index contributed by atoms with van der Waals surface area (Å²) >= 11 is 0. The van der Waals surface area contributed by atoms with Gasteiger partial charge in [0, 0.05) is 16.6 Å². The average molecular weight is 738 g/mol. The summed E-state index contributed by atoms with van der Waals surface area (Å²) in [6.45, 7) is 0. The number of anilines is 3. The molecule has 0 saturated carbocycles. The normalized spacial score (nSPS) is 12.6. The number of nitrogens with zero attached hydrogens (tertiary/aromatic N) is 1. The Morgan fingerprint density at radius 1 is 0.310 bits per heavy atom. The van der Waals surface area contributed by atoms with Crippen molar-refractivity contribution >= 4 is 38.6 Å². The molecule has 1 aliphatic rings. The van der Waals surface area contributed by atoms with Gasteiger partial charge in [-0.2, -0.15) is 0 Å². The molecule has 1 heteroatoms. The van der Waals surface area contributed by atoms with Crippen LogP contribution in [0.25, 0.3) is 54.9 Å². The van der Waals surface area contributed by atoms with Crippen molar-refractivity contribution in [2.24, 2.45) is 0 Å². The lowest BCUT2D eigenvalue weighted by atomic mass is 9.68. The van der Waals surface area contributed by atoms with E-state index in [2.05, 4.69) is 241 Å². The molecule has 0 atom stereocenters. The van der Waals surface area contributed by atoms with Crippen molar-refractivity contribution in [2.45, 2.75) is 5.41 Å². The lowest BCUT2D eigenvalue weighted by molar-refractivity contribution is 0.768. The zero-order valence-corrected chi connectivity index (χ0v) is 32.0. The summed E-state index contributed by atoms with van der Waals surface area (Å²) in [6.07, 6.45) is 0. The maximum Gasteiger partial charge on any atom is 0.0714 e. The molecule has 10 aromatic rings. The molecule has 0 unspecified atom stereocenters. The lowest BCUT2D eigenvalue weighted by Gasteiger charge is -2.34. The van der Waals surface area contributed by atoms with Gasteiger partial charge in [-0.05, 0) is 96.6 Å². The topological polar surface area (TPSA) is 3.24 Å². The molecule has 0 radical (unpaired) electrons. The van der Waals surface area contributed by atoms with Gasteiger partial charge in [-0.3, -0.25) is 0 Å². The fraction of sp³-hybridized carbons (Fsp3) is 0.0175. The number of fused-ring (bicyclic) bond motifs is 5. The highest BCUT2D eigenvalue weighted by atomic mass is 15.1. The highest BCUT2D eigenvalue weighted by Gasteiger charge is 2.47. The van der Waals surface area contributed by atoms with Crippen molar-refractivity contribution in [3.8, 4) is 33.4 Å². The van der Waals surface area contributed by atoms with Crippen LogP contribution >= 0.6 is 0 Å². The Kier molecular flexibility index (Phi) is 8.12. The maximum absolute atomic E-state index is 2.50. The van der Waals surface area contributed by atoms with Crippen molar-refractivity contribution in [3.05, 3.63) is 259 Å². The zero-order valence-electron chi connectivity index (χ0n) is 32.0. The molecule has 272 valence electrons. The third-order valence-corrected chi connectivity index (χ3v) is 12.1. The molecule has 0 saturated heterocycles. The van der Waals surface area contributed by atoms with Gasteiger partial charge in [-0.15, -0.1) is 0 Å². The SMILES string of the molecule is c1ccc(-c2ccc(-c3ccc4ccc(N(c5cccc6c5-c5ccccc5C6(c5ccccc5)c5ccccc5)c5cccc6ccccc56)cc4c3)cc2)cc1. The quantitative estimate of drug-likeness (QED) is 0.157. The van der Waals surface area contributed by atoms with E-state index in [-0.39, 0.29) is 0 Å². The highest BCUT2D eigenvalue weighted by molar-refractivity contribution is 6.04. The van der Waals surface area contributed by atoms with Gasteiger partial charge >= 0.3 is 0 Å². The van der Waals surface area contributed by atoms with Crippen molar-refractivity contribution in [3.63, 3.8) is 0 Å². The first-order valence-electron chi connectivity index (χ1n) is 20.1. The molecule has 11 rings (SSSR count). The summed E-state index contributed by atoms with van der Waals surface area (Å²) in [6, 6.07) is 86.9. The first-order chi connectivity index (χ1) is 28.8. The standard InChI is InChI=1S/C57H39N/c1-4-16-40(17-5-1)41-30-32-42(33-31-41)45-35-34-43-36-37-49(39-46(43)38-45)58(54-28-14-19-44-18-10-11-24-50(44)54)55-29-15-27-53-56(55)51-25-12-13-26-52(51)57(53,47-20-6-2-7-21-47)48-22-8-3-9-23-48/h1-39H. The fourth-order valence-corrected chi connectivity index (χ4v) is 9.51. The molecule has 0 bridgehead atoms. The van der Waals surface area contributed by atoms with Gasteiger partial charge in [0.25, 0.3) is 0 Å². The lowest BCUT2D eigenvalue weighted by Crippen LogP contribution is -2.28. The van der Waals surface area contributed by atoms with E-state index in [1.54, 1.807) is 0 Å². The maximum atomic E-state index is 2.50. The van der Waals surface area contributed by atoms with Crippen LogP contribution in [0, 0.1) is 0 Å². The average Bonchev–Trinajstić information content (AvgIpc) is 3.61. The third-order valence-electron chi connectivity index (χ3n) is 12.1. The second-order valence-electron chi connectivity index (χ2n) is 15.3. The molecule has 10 aromatic carbocycles. The second kappa shape index (κ2) is 13.9. The summed E-state index contributed by atoms with van der Waals surface area (Å²) in [4.78, 5) is 2.50. The third kappa shape index (κ3) is 5.39. The summed E-state index contributed by atoms with van der Waals surface area (Å²) in [7, 11) is 0. The van der Waals surface area contributed by atoms with E-state index in [9.17, 15) is 0 Å². The molecular formula is C57H39N. The van der Waals surface area contributed by atoms with Crippen molar-refractivity contribution in [1.29, 1.82) is 0 Å². The smallest absolute Gasteiger partial charge is 0.0714 e. The van der Waals surface area contributed by atoms with Crippen LogP contribution in [0.15, 0.2) is 237 Å². The molecule has 58 heavy (non-hydrogen) atoms. The molecule has 0 aromatic heterocycles. The van der Waals surface area contributed by atoms with Gasteiger partial charge in [0.2, 0.25) is 0 Å². The molecule has 0 aliphatic heterocycles. The number of hydrogen-bond donors (Lipinski definition) is 0. The van der Waals surface area contributed by atoms with E-state index in [0.717, 1.165) is 17.1 Å². The van der Waals surface area contributed by atoms with Crippen molar-refractivity contribution in [2.75, 3.05) is 4.90 Å². The second-order valence-corrected chi connectivity index (χ2v) is 15.3. The van der Waals surface area contributed by atoms with Crippen LogP contribution in [-0.4, -0.2) is 0 Å². The molecule has 0 N–H and O–H groups in total. The molecule has 0 heterocycles. The largest absolute Gasteiger partial charge is 0.309 e. The van der Waals surface area contributed by atoms with Gasteiger partial charge in [-0.25, -0.2) is 0 Å². The van der Waals surface area contributed by atoms with Crippen LogP contribution in [0.5, 0.6) is 0 Å². The molecule has 0 spiro atoms. The van der Waals surface area contributed by atoms with Crippen molar-refractivity contribution in [1.82, 2.24) is 0 Å². The van der Waals surface area contributed by atoms with Crippen LogP contribution in [0.1, 0.15) is 22.3 Å². The fourth-order valence-electron chi connectivity index (χ4n) is 9.51. The predicted octanol–water partition coefficient (Wildman–Crippen LogP) is 15.2. The van der Waals surface area contributed by atoms with E-state index in [1.165, 1.54) is 77.2 Å². The van der Waals surface area contributed by atoms with E-state index in [0.29, 0.717) is 0 Å². The van der Waals surface area contributed by atoms with E-state index in [4.69, 9.17) is 0 Å². The van der Waals surface area contributed by atoms with Crippen LogP contribution in [-0.2, 0) is 5.41 Å². The van der Waals surface area contributed by atoms with Gasteiger partial charge in [0.1, 0.15) is 0 Å². The van der Waals surface area contributed by atoms with E-state index < -0.39 is 5.41 Å². The van der Waals surface area contributed by atoms with Crippen LogP contribution in [0.2, 0.25) is 0 Å². The Morgan fingerprint density at radius 2 is 0.845 bits per heavy atom. The molecule has 1 aliphatic carbocycles. The van der Waals surface area contributed by atoms with Crippen LogP contribution in [0.3, 0.4) is 0 Å².